The first kappa shape index (κ1) is 14.5. The van der Waals surface area contributed by atoms with Crippen molar-refractivity contribution < 1.29 is 22.1 Å². The summed E-state index contributed by atoms with van der Waals surface area (Å²) >= 11 is 5.91. The van der Waals surface area contributed by atoms with E-state index in [-0.39, 0.29) is 6.61 Å². The molecule has 19 heavy (non-hydrogen) atoms. The molecule has 2 rings (SSSR count). The van der Waals surface area contributed by atoms with Gasteiger partial charge >= 0.3 is 10.3 Å². The number of ether oxygens (including phenoxy) is 2. The Bertz CT molecular complexity index is 587. The Morgan fingerprint density at radius 1 is 1.47 bits per heavy atom. The van der Waals surface area contributed by atoms with Gasteiger partial charge in [-0.05, 0) is 18.2 Å². The van der Waals surface area contributed by atoms with E-state index in [9.17, 15) is 8.42 Å². The third-order valence-electron chi connectivity index (χ3n) is 2.48. The molecule has 0 saturated heterocycles. The van der Waals surface area contributed by atoms with E-state index in [0.717, 1.165) is 0 Å². The highest BCUT2D eigenvalue weighted by Gasteiger charge is 2.35. The average molecular weight is 308 g/mol. The summed E-state index contributed by atoms with van der Waals surface area (Å²) in [7, 11) is -4.03. The predicted molar refractivity (Wildman–Crippen MR) is 69.0 cm³/mol. The molecule has 1 atom stereocenters. The maximum atomic E-state index is 10.9. The van der Waals surface area contributed by atoms with Gasteiger partial charge in [0, 0.05) is 24.4 Å². The van der Waals surface area contributed by atoms with Crippen LogP contribution in [0.25, 0.3) is 0 Å². The van der Waals surface area contributed by atoms with Gasteiger partial charge in [0.1, 0.15) is 11.9 Å². The summed E-state index contributed by atoms with van der Waals surface area (Å²) in [6, 6.07) is 5.02. The molecule has 106 valence electrons. The highest BCUT2D eigenvalue weighted by Crippen LogP contribution is 2.40. The molecule has 0 amide bonds. The minimum atomic E-state index is -4.03. The van der Waals surface area contributed by atoms with Crippen LogP contribution in [-0.2, 0) is 19.2 Å². The molecule has 0 saturated carbocycles. The highest BCUT2D eigenvalue weighted by atomic mass is 35.5. The quantitative estimate of drug-likeness (QED) is 0.919. The SMILES string of the molecule is CC1(C)Oc2ccc(Cl)cc2[C@H](COS(N)(=O)=O)O1. The van der Waals surface area contributed by atoms with Crippen molar-refractivity contribution in [1.29, 1.82) is 0 Å². The zero-order valence-corrected chi connectivity index (χ0v) is 12.0. The Morgan fingerprint density at radius 2 is 2.16 bits per heavy atom. The van der Waals surface area contributed by atoms with Crippen molar-refractivity contribution in [2.45, 2.75) is 25.7 Å². The molecule has 0 fully saturated rings. The summed E-state index contributed by atoms with van der Waals surface area (Å²) in [5, 5.41) is 5.30. The van der Waals surface area contributed by atoms with Gasteiger partial charge in [-0.25, -0.2) is 5.14 Å². The average Bonchev–Trinajstić information content (AvgIpc) is 2.25. The summed E-state index contributed by atoms with van der Waals surface area (Å²) in [5.74, 6) is -0.323. The van der Waals surface area contributed by atoms with Gasteiger partial charge in [-0.3, -0.25) is 4.18 Å². The van der Waals surface area contributed by atoms with Crippen molar-refractivity contribution in [3.8, 4) is 5.75 Å². The van der Waals surface area contributed by atoms with Gasteiger partial charge in [-0.2, -0.15) is 8.42 Å². The van der Waals surface area contributed by atoms with E-state index >= 15 is 0 Å². The number of hydrogen-bond donors (Lipinski definition) is 1. The molecule has 2 N–H and O–H groups in total. The third-order valence-corrected chi connectivity index (χ3v) is 3.18. The van der Waals surface area contributed by atoms with Crippen LogP contribution >= 0.6 is 11.6 Å². The summed E-state index contributed by atoms with van der Waals surface area (Å²) in [6.45, 7) is 3.20. The molecule has 1 aromatic carbocycles. The third kappa shape index (κ3) is 3.80. The standard InChI is InChI=1S/C11H14ClNO5S/c1-11(2)17-9-4-3-7(12)5-8(9)10(18-11)6-16-19(13,14)15/h3-5,10H,6H2,1-2H3,(H2,13,14,15)/t10-/m0/s1. The number of nitrogens with two attached hydrogens (primary N) is 1. The van der Waals surface area contributed by atoms with Crippen LogP contribution in [0.5, 0.6) is 5.75 Å². The van der Waals surface area contributed by atoms with E-state index in [1.54, 1.807) is 32.0 Å². The number of rotatable bonds is 3. The van der Waals surface area contributed by atoms with Gasteiger partial charge in [-0.15, -0.1) is 0 Å². The minimum absolute atomic E-state index is 0.237. The predicted octanol–water partition coefficient (Wildman–Crippen LogP) is 1.75. The number of fused-ring (bicyclic) bond motifs is 1. The Morgan fingerprint density at radius 3 is 2.79 bits per heavy atom. The fourth-order valence-electron chi connectivity index (χ4n) is 1.84. The van der Waals surface area contributed by atoms with E-state index in [4.69, 9.17) is 26.2 Å². The normalized spacial score (nSPS) is 21.6. The van der Waals surface area contributed by atoms with Crippen molar-refractivity contribution in [2.75, 3.05) is 6.61 Å². The van der Waals surface area contributed by atoms with Gasteiger partial charge in [0.25, 0.3) is 0 Å². The molecule has 1 aliphatic heterocycles. The summed E-state index contributed by atoms with van der Waals surface area (Å²) < 4.78 is 37.5. The zero-order valence-electron chi connectivity index (χ0n) is 10.4. The van der Waals surface area contributed by atoms with E-state index in [1.165, 1.54) is 0 Å². The molecule has 6 nitrogen and oxygen atoms in total. The topological polar surface area (TPSA) is 87.9 Å². The molecule has 8 heteroatoms. The molecule has 1 aliphatic rings. The Balaban J connectivity index is 2.30. The molecule has 1 heterocycles. The van der Waals surface area contributed by atoms with Gasteiger partial charge in [0.15, 0.2) is 0 Å². The van der Waals surface area contributed by atoms with Crippen LogP contribution < -0.4 is 9.88 Å². The molecule has 0 spiro atoms. The Kier molecular flexibility index (Phi) is 3.76. The summed E-state index contributed by atoms with van der Waals surface area (Å²) in [6.07, 6.45) is -0.629. The van der Waals surface area contributed by atoms with Crippen LogP contribution in [0.3, 0.4) is 0 Å². The van der Waals surface area contributed by atoms with Gasteiger partial charge in [0.2, 0.25) is 5.79 Å². The number of benzene rings is 1. The van der Waals surface area contributed by atoms with Crippen LogP contribution in [0.2, 0.25) is 5.02 Å². The lowest BCUT2D eigenvalue weighted by atomic mass is 10.1. The Hall–Kier alpha value is -0.860. The van der Waals surface area contributed by atoms with Crippen molar-refractivity contribution in [2.24, 2.45) is 5.14 Å². The van der Waals surface area contributed by atoms with E-state index in [1.807, 2.05) is 0 Å². The molecule has 1 aromatic rings. The van der Waals surface area contributed by atoms with Crippen molar-refractivity contribution >= 4 is 21.9 Å². The molecular weight excluding hydrogens is 294 g/mol. The molecule has 0 bridgehead atoms. The Labute approximate surface area is 116 Å². The summed E-state index contributed by atoms with van der Waals surface area (Å²) in [5.41, 5.74) is 0.621. The van der Waals surface area contributed by atoms with Crippen molar-refractivity contribution in [1.82, 2.24) is 0 Å². The molecule has 0 unspecified atom stereocenters. The molecule has 0 radical (unpaired) electrons. The molecule has 0 aliphatic carbocycles. The van der Waals surface area contributed by atoms with E-state index < -0.39 is 22.2 Å². The maximum absolute atomic E-state index is 10.9. The van der Waals surface area contributed by atoms with Crippen LogP contribution in [0.1, 0.15) is 25.5 Å². The van der Waals surface area contributed by atoms with Crippen LogP contribution in [-0.4, -0.2) is 20.8 Å². The molecular formula is C11H14ClNO5S. The minimum Gasteiger partial charge on any atom is -0.463 e. The number of halogens is 1. The lowest BCUT2D eigenvalue weighted by molar-refractivity contribution is -0.212. The first-order chi connectivity index (χ1) is 8.66. The van der Waals surface area contributed by atoms with E-state index in [0.29, 0.717) is 16.3 Å². The highest BCUT2D eigenvalue weighted by molar-refractivity contribution is 7.84. The van der Waals surface area contributed by atoms with Crippen LogP contribution in [0.15, 0.2) is 18.2 Å². The number of hydrogen-bond acceptors (Lipinski definition) is 5. The van der Waals surface area contributed by atoms with Crippen molar-refractivity contribution in [3.05, 3.63) is 28.8 Å². The maximum Gasteiger partial charge on any atom is 0.333 e. The smallest absolute Gasteiger partial charge is 0.333 e. The van der Waals surface area contributed by atoms with Crippen LogP contribution in [0, 0.1) is 0 Å². The second kappa shape index (κ2) is 4.92. The fraction of sp³-hybridized carbons (Fsp3) is 0.455. The second-order valence-electron chi connectivity index (χ2n) is 4.57. The zero-order chi connectivity index (χ0) is 14.3. The monoisotopic (exact) mass is 307 g/mol. The first-order valence-corrected chi connectivity index (χ1v) is 7.35. The van der Waals surface area contributed by atoms with Crippen molar-refractivity contribution in [3.63, 3.8) is 0 Å². The molecule has 0 aromatic heterocycles. The van der Waals surface area contributed by atoms with E-state index in [2.05, 4.69) is 4.18 Å². The second-order valence-corrected chi connectivity index (χ2v) is 6.23. The van der Waals surface area contributed by atoms with Gasteiger partial charge in [-0.1, -0.05) is 11.6 Å². The lowest BCUT2D eigenvalue weighted by Gasteiger charge is -2.37. The first-order valence-electron chi connectivity index (χ1n) is 5.50. The lowest BCUT2D eigenvalue weighted by Crippen LogP contribution is -2.39. The van der Waals surface area contributed by atoms with Crippen LogP contribution in [0.4, 0.5) is 0 Å². The summed E-state index contributed by atoms with van der Waals surface area (Å²) in [4.78, 5) is 0. The largest absolute Gasteiger partial charge is 0.463 e. The fourth-order valence-corrected chi connectivity index (χ4v) is 2.33. The van der Waals surface area contributed by atoms with Gasteiger partial charge in [0.05, 0.1) is 6.61 Å². The van der Waals surface area contributed by atoms with Gasteiger partial charge < -0.3 is 9.47 Å².